The minimum Gasteiger partial charge on any atom is -0.493 e. The fourth-order valence-electron chi connectivity index (χ4n) is 2.86. The molecule has 0 saturated carbocycles. The first-order valence-electron chi connectivity index (χ1n) is 9.82. The first-order valence-corrected chi connectivity index (χ1v) is 10.6. The highest BCUT2D eigenvalue weighted by Crippen LogP contribution is 2.28. The Kier molecular flexibility index (Phi) is 12.0. The van der Waals surface area contributed by atoms with E-state index in [1.54, 1.807) is 18.4 Å². The number of benzene rings is 1. The van der Waals surface area contributed by atoms with Gasteiger partial charge >= 0.3 is 0 Å². The SMILES string of the molecule is CCNC(=NCc1sc(C)nc1C)NCCCc1ccc(OC)c(OCC)c1.I. The van der Waals surface area contributed by atoms with Gasteiger partial charge in [0, 0.05) is 18.0 Å². The molecule has 0 atom stereocenters. The number of ether oxygens (including phenoxy) is 2. The summed E-state index contributed by atoms with van der Waals surface area (Å²) >= 11 is 1.71. The topological polar surface area (TPSA) is 67.8 Å². The number of methoxy groups -OCH3 is 1. The molecule has 2 aromatic rings. The number of aryl methyl sites for hydroxylation is 3. The number of halogens is 1. The van der Waals surface area contributed by atoms with Gasteiger partial charge in [-0.1, -0.05) is 6.07 Å². The van der Waals surface area contributed by atoms with E-state index in [2.05, 4.69) is 34.7 Å². The highest BCUT2D eigenvalue weighted by molar-refractivity contribution is 14.0. The highest BCUT2D eigenvalue weighted by Gasteiger charge is 2.07. The van der Waals surface area contributed by atoms with Gasteiger partial charge in [0.05, 0.1) is 31.0 Å². The molecule has 2 rings (SSSR count). The maximum atomic E-state index is 5.66. The smallest absolute Gasteiger partial charge is 0.191 e. The third kappa shape index (κ3) is 8.38. The van der Waals surface area contributed by atoms with Crippen molar-refractivity contribution >= 4 is 41.3 Å². The van der Waals surface area contributed by atoms with Crippen LogP contribution in [0.2, 0.25) is 0 Å². The van der Waals surface area contributed by atoms with Crippen molar-refractivity contribution in [2.75, 3.05) is 26.8 Å². The molecular formula is C21H33IN4O2S. The van der Waals surface area contributed by atoms with Crippen molar-refractivity contribution in [1.82, 2.24) is 15.6 Å². The summed E-state index contributed by atoms with van der Waals surface area (Å²) in [6.45, 7) is 11.1. The van der Waals surface area contributed by atoms with Crippen LogP contribution in [0.15, 0.2) is 23.2 Å². The molecule has 0 aliphatic heterocycles. The Bertz CT molecular complexity index is 780. The van der Waals surface area contributed by atoms with Crippen LogP contribution in [0.25, 0.3) is 0 Å². The van der Waals surface area contributed by atoms with Gasteiger partial charge in [-0.05, 0) is 58.2 Å². The number of aliphatic imine (C=N–C) groups is 1. The van der Waals surface area contributed by atoms with Crippen molar-refractivity contribution in [2.24, 2.45) is 4.99 Å². The molecule has 162 valence electrons. The van der Waals surface area contributed by atoms with Gasteiger partial charge in [-0.25, -0.2) is 9.98 Å². The summed E-state index contributed by atoms with van der Waals surface area (Å²) in [6, 6.07) is 6.13. The second kappa shape index (κ2) is 13.6. The number of thiazole rings is 1. The molecule has 0 saturated heterocycles. The number of hydrogen-bond acceptors (Lipinski definition) is 5. The number of nitrogens with one attached hydrogen (secondary N) is 2. The van der Waals surface area contributed by atoms with E-state index in [4.69, 9.17) is 14.5 Å². The molecule has 0 amide bonds. The summed E-state index contributed by atoms with van der Waals surface area (Å²) in [6.07, 6.45) is 1.96. The number of nitrogens with zero attached hydrogens (tertiary/aromatic N) is 2. The molecule has 0 radical (unpaired) electrons. The van der Waals surface area contributed by atoms with Crippen LogP contribution in [0.3, 0.4) is 0 Å². The maximum absolute atomic E-state index is 5.66. The van der Waals surface area contributed by atoms with Crippen LogP contribution >= 0.6 is 35.3 Å². The molecule has 0 aliphatic rings. The zero-order chi connectivity index (χ0) is 20.4. The third-order valence-electron chi connectivity index (χ3n) is 4.19. The second-order valence-electron chi connectivity index (χ2n) is 6.39. The lowest BCUT2D eigenvalue weighted by molar-refractivity contribution is 0.310. The van der Waals surface area contributed by atoms with Crippen LogP contribution in [0.5, 0.6) is 11.5 Å². The molecule has 0 fully saturated rings. The fraction of sp³-hybridized carbons (Fsp3) is 0.524. The fourth-order valence-corrected chi connectivity index (χ4v) is 3.72. The molecule has 29 heavy (non-hydrogen) atoms. The lowest BCUT2D eigenvalue weighted by Gasteiger charge is -2.13. The number of guanidine groups is 1. The predicted octanol–water partition coefficient (Wildman–Crippen LogP) is 4.47. The summed E-state index contributed by atoms with van der Waals surface area (Å²) in [5, 5.41) is 7.81. The summed E-state index contributed by atoms with van der Waals surface area (Å²) in [5.74, 6) is 2.43. The molecule has 1 heterocycles. The first kappa shape index (κ1) is 25.5. The largest absolute Gasteiger partial charge is 0.493 e. The van der Waals surface area contributed by atoms with Crippen molar-refractivity contribution < 1.29 is 9.47 Å². The Balaban J connectivity index is 0.00000420. The molecule has 1 aromatic carbocycles. The van der Waals surface area contributed by atoms with E-state index < -0.39 is 0 Å². The van der Waals surface area contributed by atoms with Crippen molar-refractivity contribution in [3.63, 3.8) is 0 Å². The van der Waals surface area contributed by atoms with Crippen molar-refractivity contribution in [2.45, 2.75) is 47.1 Å². The Morgan fingerprint density at radius 2 is 1.97 bits per heavy atom. The van der Waals surface area contributed by atoms with E-state index in [9.17, 15) is 0 Å². The lowest BCUT2D eigenvalue weighted by Crippen LogP contribution is -2.37. The quantitative estimate of drug-likeness (QED) is 0.205. The monoisotopic (exact) mass is 532 g/mol. The van der Waals surface area contributed by atoms with Crippen LogP contribution in [0.4, 0.5) is 0 Å². The molecule has 0 unspecified atom stereocenters. The third-order valence-corrected chi connectivity index (χ3v) is 5.24. The van der Waals surface area contributed by atoms with E-state index >= 15 is 0 Å². The van der Waals surface area contributed by atoms with Crippen molar-refractivity contribution in [3.8, 4) is 11.5 Å². The van der Waals surface area contributed by atoms with Crippen LogP contribution in [-0.2, 0) is 13.0 Å². The Hall–Kier alpha value is -1.55. The van der Waals surface area contributed by atoms with Crippen LogP contribution in [0, 0.1) is 13.8 Å². The van der Waals surface area contributed by atoms with Crippen molar-refractivity contribution in [1.29, 1.82) is 0 Å². The van der Waals surface area contributed by atoms with Gasteiger partial charge in [-0.3, -0.25) is 0 Å². The van der Waals surface area contributed by atoms with E-state index in [1.165, 1.54) is 10.4 Å². The Labute approximate surface area is 195 Å². The number of aromatic nitrogens is 1. The number of hydrogen-bond donors (Lipinski definition) is 2. The minimum absolute atomic E-state index is 0. The van der Waals surface area contributed by atoms with Crippen LogP contribution < -0.4 is 20.1 Å². The van der Waals surface area contributed by atoms with E-state index in [-0.39, 0.29) is 24.0 Å². The molecule has 8 heteroatoms. The molecule has 0 spiro atoms. The van der Waals surface area contributed by atoms with E-state index in [0.29, 0.717) is 13.2 Å². The van der Waals surface area contributed by atoms with Gasteiger partial charge in [0.2, 0.25) is 0 Å². The zero-order valence-electron chi connectivity index (χ0n) is 18.0. The van der Waals surface area contributed by atoms with Crippen molar-refractivity contribution in [3.05, 3.63) is 39.3 Å². The standard InChI is InChI=1S/C21H32N4O2S.HI/c1-6-22-21(24-14-20-15(3)25-16(4)28-20)23-12-8-9-17-10-11-18(26-5)19(13-17)27-7-2;/h10-11,13H,6-9,12,14H2,1-5H3,(H2,22,23,24);1H. The summed E-state index contributed by atoms with van der Waals surface area (Å²) in [7, 11) is 1.66. The Morgan fingerprint density at radius 3 is 2.59 bits per heavy atom. The minimum atomic E-state index is 0. The average molecular weight is 532 g/mol. The van der Waals surface area contributed by atoms with Gasteiger partial charge in [0.25, 0.3) is 0 Å². The van der Waals surface area contributed by atoms with Gasteiger partial charge in [-0.2, -0.15) is 0 Å². The van der Waals surface area contributed by atoms with E-state index in [1.807, 2.05) is 26.8 Å². The number of rotatable bonds is 10. The summed E-state index contributed by atoms with van der Waals surface area (Å²) in [4.78, 5) is 10.4. The summed E-state index contributed by atoms with van der Waals surface area (Å²) < 4.78 is 11.0. The van der Waals surface area contributed by atoms with Crippen LogP contribution in [-0.4, -0.2) is 37.7 Å². The normalized spacial score (nSPS) is 11.0. The molecule has 0 aliphatic carbocycles. The summed E-state index contributed by atoms with van der Waals surface area (Å²) in [5.41, 5.74) is 2.32. The average Bonchev–Trinajstić information content (AvgIpc) is 3.00. The molecule has 1 aromatic heterocycles. The highest BCUT2D eigenvalue weighted by atomic mass is 127. The van der Waals surface area contributed by atoms with Gasteiger partial charge in [-0.15, -0.1) is 35.3 Å². The van der Waals surface area contributed by atoms with E-state index in [0.717, 1.165) is 54.1 Å². The van der Waals surface area contributed by atoms with Gasteiger partial charge in [0.15, 0.2) is 17.5 Å². The maximum Gasteiger partial charge on any atom is 0.191 e. The van der Waals surface area contributed by atoms with Gasteiger partial charge in [0.1, 0.15) is 0 Å². The zero-order valence-corrected chi connectivity index (χ0v) is 21.1. The predicted molar refractivity (Wildman–Crippen MR) is 132 cm³/mol. The second-order valence-corrected chi connectivity index (χ2v) is 7.67. The Morgan fingerprint density at radius 1 is 1.17 bits per heavy atom. The molecule has 6 nitrogen and oxygen atoms in total. The van der Waals surface area contributed by atoms with Crippen LogP contribution in [0.1, 0.15) is 41.4 Å². The first-order chi connectivity index (χ1) is 13.6. The van der Waals surface area contributed by atoms with Gasteiger partial charge < -0.3 is 20.1 Å². The molecular weight excluding hydrogens is 499 g/mol. The molecule has 0 bridgehead atoms. The molecule has 2 N–H and O–H groups in total. The lowest BCUT2D eigenvalue weighted by atomic mass is 10.1.